The van der Waals surface area contributed by atoms with E-state index in [9.17, 15) is 16.8 Å². The average molecular weight is 370 g/mol. The Kier molecular flexibility index (Phi) is 4.84. The molecule has 23 heavy (non-hydrogen) atoms. The van der Waals surface area contributed by atoms with Crippen LogP contribution in [0.4, 0.5) is 0 Å². The van der Waals surface area contributed by atoms with Crippen LogP contribution in [0.15, 0.2) is 51.1 Å². The van der Waals surface area contributed by atoms with E-state index in [0.29, 0.717) is 5.56 Å². The highest BCUT2D eigenvalue weighted by atomic mass is 33.2. The molecule has 1 heterocycles. The number of oxime groups is 1. The van der Waals surface area contributed by atoms with Gasteiger partial charge < -0.3 is 0 Å². The molecule has 0 aliphatic heterocycles. The predicted molar refractivity (Wildman–Crippen MR) is 84.8 cm³/mol. The summed E-state index contributed by atoms with van der Waals surface area (Å²) in [6.45, 7) is 1.73. The third-order valence-electron chi connectivity index (χ3n) is 2.70. The van der Waals surface area contributed by atoms with Crippen molar-refractivity contribution in [1.82, 2.24) is 0 Å². The summed E-state index contributed by atoms with van der Waals surface area (Å²) in [6.07, 6.45) is 0. The maximum Gasteiger partial charge on any atom is 0.443 e. The molecule has 0 amide bonds. The summed E-state index contributed by atoms with van der Waals surface area (Å²) in [5.41, 5.74) is 0.763. The van der Waals surface area contributed by atoms with Gasteiger partial charge >= 0.3 is 18.0 Å². The highest BCUT2D eigenvalue weighted by Gasteiger charge is 2.34. The lowest BCUT2D eigenvalue weighted by molar-refractivity contribution is 0.349. The number of hydrogen-bond acceptors (Lipinski definition) is 8. The molecule has 0 radical (unpaired) electrons. The zero-order valence-electron chi connectivity index (χ0n) is 11.7. The first kappa shape index (κ1) is 17.1. The number of aryl methyl sites for hydroxylation is 1. The van der Waals surface area contributed by atoms with Gasteiger partial charge in [0.15, 0.2) is 5.71 Å². The fourth-order valence-corrected chi connectivity index (χ4v) is 4.45. The molecule has 120 valence electrons. The van der Waals surface area contributed by atoms with E-state index in [4.69, 9.17) is 5.26 Å². The van der Waals surface area contributed by atoms with Crippen molar-refractivity contribution >= 4 is 35.1 Å². The first-order valence-corrected chi connectivity index (χ1v) is 10.4. The summed E-state index contributed by atoms with van der Waals surface area (Å²) < 4.78 is 52.2. The molecular formula is C13H10N2O5S3. The van der Waals surface area contributed by atoms with Gasteiger partial charge in [0.05, 0.1) is 4.90 Å². The Bertz CT molecular complexity index is 967. The Labute approximate surface area is 136 Å². The molecule has 1 aromatic heterocycles. The van der Waals surface area contributed by atoms with Crippen LogP contribution in [0, 0.1) is 18.3 Å². The summed E-state index contributed by atoms with van der Waals surface area (Å²) in [4.78, 5) is -0.438. The second-order valence-electron chi connectivity index (χ2n) is 4.31. The van der Waals surface area contributed by atoms with Crippen LogP contribution in [0.25, 0.3) is 0 Å². The van der Waals surface area contributed by atoms with Crippen molar-refractivity contribution in [3.8, 4) is 6.07 Å². The molecule has 0 spiro atoms. The zero-order valence-corrected chi connectivity index (χ0v) is 14.2. The molecule has 1 aromatic carbocycles. The highest BCUT2D eigenvalue weighted by molar-refractivity contribution is 8.65. The standard InChI is InChI=1S/C13H10N2O5S3/c1-10-2-4-12(5-3-10)22(16,17)23(18,19)20-15-13(8-14)11-6-7-21-9-11/h2-7,9H,1H3. The minimum absolute atomic E-state index is 0.334. The Hall–Kier alpha value is -2.22. The Morgan fingerprint density at radius 1 is 1.17 bits per heavy atom. The van der Waals surface area contributed by atoms with E-state index in [1.165, 1.54) is 29.5 Å². The molecule has 2 rings (SSSR count). The van der Waals surface area contributed by atoms with Gasteiger partial charge in [0, 0.05) is 10.9 Å². The number of nitriles is 1. The van der Waals surface area contributed by atoms with Gasteiger partial charge in [-0.25, -0.2) is 8.42 Å². The third kappa shape index (κ3) is 3.58. The number of nitrogens with zero attached hydrogens (tertiary/aromatic N) is 2. The molecule has 0 bridgehead atoms. The minimum atomic E-state index is -5.08. The lowest BCUT2D eigenvalue weighted by Crippen LogP contribution is -2.17. The van der Waals surface area contributed by atoms with Crippen LogP contribution < -0.4 is 0 Å². The van der Waals surface area contributed by atoms with Gasteiger partial charge in [-0.15, -0.1) is 0 Å². The van der Waals surface area contributed by atoms with Crippen LogP contribution in [-0.4, -0.2) is 22.5 Å². The largest absolute Gasteiger partial charge is 0.443 e. The second-order valence-corrected chi connectivity index (χ2v) is 9.98. The van der Waals surface area contributed by atoms with Gasteiger partial charge in [0.2, 0.25) is 0 Å². The third-order valence-corrected chi connectivity index (χ3v) is 7.40. The van der Waals surface area contributed by atoms with Gasteiger partial charge in [-0.2, -0.15) is 25.0 Å². The van der Waals surface area contributed by atoms with E-state index in [0.717, 1.165) is 17.7 Å². The fourth-order valence-electron chi connectivity index (χ4n) is 1.48. The van der Waals surface area contributed by atoms with Crippen molar-refractivity contribution in [1.29, 1.82) is 5.26 Å². The molecule has 0 aliphatic rings. The first-order valence-electron chi connectivity index (χ1n) is 6.04. The molecule has 10 heteroatoms. The molecule has 0 saturated heterocycles. The summed E-state index contributed by atoms with van der Waals surface area (Å²) in [5.74, 6) is 0. The van der Waals surface area contributed by atoms with Crippen molar-refractivity contribution in [2.24, 2.45) is 5.16 Å². The summed E-state index contributed by atoms with van der Waals surface area (Å²) >= 11 is 1.27. The topological polar surface area (TPSA) is 114 Å². The molecular weight excluding hydrogens is 360 g/mol. The van der Waals surface area contributed by atoms with E-state index in [2.05, 4.69) is 9.44 Å². The quantitative estimate of drug-likeness (QED) is 0.452. The van der Waals surface area contributed by atoms with Crippen molar-refractivity contribution in [2.45, 2.75) is 11.8 Å². The van der Waals surface area contributed by atoms with E-state index in [1.807, 2.05) is 0 Å². The Morgan fingerprint density at radius 2 is 1.83 bits per heavy atom. The van der Waals surface area contributed by atoms with Gasteiger partial charge in [-0.3, -0.25) is 4.28 Å². The summed E-state index contributed by atoms with van der Waals surface area (Å²) in [5, 5.41) is 15.3. The normalized spacial score (nSPS) is 12.6. The average Bonchev–Trinajstić information content (AvgIpc) is 3.02. The van der Waals surface area contributed by atoms with Gasteiger partial charge in [0.1, 0.15) is 6.07 Å². The number of rotatable bonds is 5. The maximum atomic E-state index is 12.1. The molecule has 2 aromatic rings. The number of thiophene rings is 1. The van der Waals surface area contributed by atoms with Crippen molar-refractivity contribution < 1.29 is 21.1 Å². The second kappa shape index (κ2) is 6.49. The predicted octanol–water partition coefficient (Wildman–Crippen LogP) is 2.02. The minimum Gasteiger partial charge on any atom is -0.255 e. The van der Waals surface area contributed by atoms with E-state index in [-0.39, 0.29) is 5.71 Å². The van der Waals surface area contributed by atoms with E-state index in [1.54, 1.807) is 23.8 Å². The van der Waals surface area contributed by atoms with Crippen LogP contribution in [-0.2, 0) is 22.3 Å². The number of hydrogen-bond donors (Lipinski definition) is 0. The Morgan fingerprint density at radius 3 is 2.35 bits per heavy atom. The van der Waals surface area contributed by atoms with Crippen molar-refractivity contribution in [3.05, 3.63) is 52.2 Å². The fraction of sp³-hybridized carbons (Fsp3) is 0.0769. The molecule has 0 aliphatic carbocycles. The van der Waals surface area contributed by atoms with Gasteiger partial charge in [-0.1, -0.05) is 22.9 Å². The smallest absolute Gasteiger partial charge is 0.255 e. The maximum absolute atomic E-state index is 12.1. The molecule has 0 atom stereocenters. The van der Waals surface area contributed by atoms with E-state index < -0.39 is 22.9 Å². The monoisotopic (exact) mass is 370 g/mol. The van der Waals surface area contributed by atoms with Crippen LogP contribution >= 0.6 is 11.3 Å². The first-order chi connectivity index (χ1) is 10.8. The van der Waals surface area contributed by atoms with Crippen molar-refractivity contribution in [3.63, 3.8) is 0 Å². The summed E-state index contributed by atoms with van der Waals surface area (Å²) in [7, 11) is -9.88. The Balaban J connectivity index is 2.35. The lowest BCUT2D eigenvalue weighted by Gasteiger charge is -2.04. The van der Waals surface area contributed by atoms with Gasteiger partial charge in [0.25, 0.3) is 0 Å². The number of benzene rings is 1. The van der Waals surface area contributed by atoms with Crippen LogP contribution in [0.5, 0.6) is 0 Å². The summed E-state index contributed by atoms with van der Waals surface area (Å²) in [6, 6.07) is 8.39. The molecule has 0 fully saturated rings. The van der Waals surface area contributed by atoms with Crippen LogP contribution in [0.3, 0.4) is 0 Å². The lowest BCUT2D eigenvalue weighted by atomic mass is 10.2. The molecule has 0 saturated carbocycles. The zero-order chi connectivity index (χ0) is 17.1. The SMILES string of the molecule is Cc1ccc(S(=O)(=O)S(=O)(=O)ON=C(C#N)c2ccsc2)cc1. The van der Waals surface area contributed by atoms with Crippen LogP contribution in [0.1, 0.15) is 11.1 Å². The van der Waals surface area contributed by atoms with Crippen LogP contribution in [0.2, 0.25) is 0 Å². The molecule has 0 N–H and O–H groups in total. The molecule has 7 nitrogen and oxygen atoms in total. The van der Waals surface area contributed by atoms with E-state index >= 15 is 0 Å². The van der Waals surface area contributed by atoms with Gasteiger partial charge in [-0.05, 0) is 30.5 Å². The highest BCUT2D eigenvalue weighted by Crippen LogP contribution is 2.20. The van der Waals surface area contributed by atoms with Crippen molar-refractivity contribution in [2.75, 3.05) is 0 Å². The molecule has 0 unspecified atom stereocenters.